The van der Waals surface area contributed by atoms with E-state index in [1.807, 2.05) is 6.92 Å². The second kappa shape index (κ2) is 16.7. The number of rotatable bonds is 14. The van der Waals surface area contributed by atoms with Crippen LogP contribution in [-0.2, 0) is 19.3 Å². The lowest BCUT2D eigenvalue weighted by atomic mass is 9.98. The Morgan fingerprint density at radius 2 is 1.05 bits per heavy atom. The number of aliphatic hydroxyl groups is 1. The number of benzene rings is 4. The van der Waals surface area contributed by atoms with E-state index < -0.39 is 41.6 Å². The number of aryl methyl sites for hydroxylation is 4. The molecule has 0 aliphatic carbocycles. The first kappa shape index (κ1) is 40.1. The van der Waals surface area contributed by atoms with E-state index in [2.05, 4.69) is 9.47 Å². The van der Waals surface area contributed by atoms with E-state index >= 15 is 0 Å². The molecule has 2 aromatic heterocycles. The highest BCUT2D eigenvalue weighted by Gasteiger charge is 2.34. The van der Waals surface area contributed by atoms with Crippen LogP contribution in [0.3, 0.4) is 0 Å². The van der Waals surface area contributed by atoms with Crippen LogP contribution in [-0.4, -0.2) is 23.9 Å². The summed E-state index contributed by atoms with van der Waals surface area (Å²) in [4.78, 5) is 26.0. The van der Waals surface area contributed by atoms with Crippen molar-refractivity contribution in [1.29, 1.82) is 0 Å². The Kier molecular flexibility index (Phi) is 11.9. The van der Waals surface area contributed by atoms with Crippen LogP contribution in [0.15, 0.2) is 103 Å². The average Bonchev–Trinajstić information content (AvgIpc) is 3.12. The van der Waals surface area contributed by atoms with Crippen LogP contribution in [0.5, 0.6) is 11.5 Å². The van der Waals surface area contributed by atoms with Gasteiger partial charge in [0.05, 0.1) is 17.2 Å². The molecule has 1 unspecified atom stereocenters. The van der Waals surface area contributed by atoms with E-state index in [0.717, 1.165) is 30.4 Å². The van der Waals surface area contributed by atoms with Crippen molar-refractivity contribution in [2.75, 3.05) is 0 Å². The maximum atomic E-state index is 13.3. The SMILES string of the molecule is CCCCCc1ccc(-c2cc3ccc(CCC(O)CCc4ccc5cc(-c6ccc(C)cc6OC(F)(F)F)c(=O)oc5c4)cc3oc2=O)c(OC(F)(F)F)c1. The second-order valence-electron chi connectivity index (χ2n) is 13.8. The van der Waals surface area contributed by atoms with Crippen LogP contribution in [0, 0.1) is 6.92 Å². The zero-order valence-electron chi connectivity index (χ0n) is 30.5. The van der Waals surface area contributed by atoms with Crippen LogP contribution in [0.25, 0.3) is 44.2 Å². The maximum absolute atomic E-state index is 13.3. The minimum Gasteiger partial charge on any atom is -0.422 e. The summed E-state index contributed by atoms with van der Waals surface area (Å²) >= 11 is 0. The van der Waals surface area contributed by atoms with Gasteiger partial charge >= 0.3 is 24.0 Å². The lowest BCUT2D eigenvalue weighted by molar-refractivity contribution is -0.275. The molecule has 0 spiro atoms. The molecule has 1 atom stereocenters. The van der Waals surface area contributed by atoms with Crippen molar-refractivity contribution in [2.45, 2.75) is 84.0 Å². The monoisotopic (exact) mass is 780 g/mol. The standard InChI is InChI=1S/C43H38F6O7/c1-3-4-5-6-26-12-18-33(39(22-26)56-43(47,48)49)35-24-30-14-9-28(21-37(30)54-41(35)52)11-16-31(50)15-10-27-8-13-29-23-34(40(51)53-36(29)20-27)32-17-7-25(2)19-38(32)55-42(44,45)46/h7-9,12-14,17-24,31,50H,3-6,10-11,15-16H2,1-2H3. The smallest absolute Gasteiger partial charge is 0.422 e. The Bertz CT molecular complexity index is 2460. The summed E-state index contributed by atoms with van der Waals surface area (Å²) in [6, 6.07) is 21.8. The molecule has 0 saturated carbocycles. The van der Waals surface area contributed by atoms with Gasteiger partial charge in [-0.15, -0.1) is 26.3 Å². The molecule has 0 aliphatic rings. The number of hydrogen-bond donors (Lipinski definition) is 1. The number of hydrogen-bond acceptors (Lipinski definition) is 7. The molecule has 0 bridgehead atoms. The Balaban J connectivity index is 1.11. The van der Waals surface area contributed by atoms with E-state index in [0.29, 0.717) is 54.0 Å². The van der Waals surface area contributed by atoms with Crippen LogP contribution in [0.2, 0.25) is 0 Å². The third-order valence-corrected chi connectivity index (χ3v) is 9.42. The molecule has 0 saturated heterocycles. The normalized spacial score (nSPS) is 12.7. The highest BCUT2D eigenvalue weighted by molar-refractivity contribution is 5.85. The van der Waals surface area contributed by atoms with Gasteiger partial charge in [0.15, 0.2) is 0 Å². The summed E-state index contributed by atoms with van der Waals surface area (Å²) in [5.74, 6) is -0.982. The second-order valence-corrected chi connectivity index (χ2v) is 13.8. The summed E-state index contributed by atoms with van der Waals surface area (Å²) in [7, 11) is 0. The molecule has 2 heterocycles. The molecular weight excluding hydrogens is 742 g/mol. The first-order valence-electron chi connectivity index (χ1n) is 18.1. The minimum absolute atomic E-state index is 0.0292. The number of aliphatic hydroxyl groups excluding tert-OH is 1. The summed E-state index contributed by atoms with van der Waals surface area (Å²) in [6.45, 7) is 3.63. The molecule has 13 heteroatoms. The summed E-state index contributed by atoms with van der Waals surface area (Å²) in [6.07, 6.45) is -5.78. The molecule has 0 aliphatic heterocycles. The Morgan fingerprint density at radius 3 is 1.55 bits per heavy atom. The van der Waals surface area contributed by atoms with E-state index in [1.165, 1.54) is 36.4 Å². The van der Waals surface area contributed by atoms with Crippen molar-refractivity contribution in [3.63, 3.8) is 0 Å². The first-order valence-corrected chi connectivity index (χ1v) is 18.1. The minimum atomic E-state index is -4.96. The summed E-state index contributed by atoms with van der Waals surface area (Å²) < 4.78 is 98.8. The average molecular weight is 781 g/mol. The van der Waals surface area contributed by atoms with Gasteiger partial charge in [-0.25, -0.2) is 9.59 Å². The van der Waals surface area contributed by atoms with Gasteiger partial charge in [0.2, 0.25) is 0 Å². The van der Waals surface area contributed by atoms with Gasteiger partial charge in [-0.2, -0.15) is 0 Å². The number of unbranched alkanes of at least 4 members (excludes halogenated alkanes) is 2. The fourth-order valence-corrected chi connectivity index (χ4v) is 6.60. The zero-order chi connectivity index (χ0) is 40.2. The number of fused-ring (bicyclic) bond motifs is 2. The molecule has 294 valence electrons. The molecule has 4 aromatic carbocycles. The Labute approximate surface area is 317 Å². The van der Waals surface area contributed by atoms with E-state index in [9.17, 15) is 41.0 Å². The van der Waals surface area contributed by atoms with Gasteiger partial charge in [0, 0.05) is 21.9 Å². The molecule has 1 N–H and O–H groups in total. The van der Waals surface area contributed by atoms with Gasteiger partial charge in [0.1, 0.15) is 22.7 Å². The molecule has 56 heavy (non-hydrogen) atoms. The molecule has 0 fully saturated rings. The van der Waals surface area contributed by atoms with Crippen molar-refractivity contribution in [1.82, 2.24) is 0 Å². The highest BCUT2D eigenvalue weighted by Crippen LogP contribution is 2.36. The summed E-state index contributed by atoms with van der Waals surface area (Å²) in [5.41, 5.74) is 1.31. The van der Waals surface area contributed by atoms with Crippen molar-refractivity contribution in [3.05, 3.63) is 128 Å². The Hall–Kier alpha value is -5.56. The van der Waals surface area contributed by atoms with Crippen LogP contribution in [0.4, 0.5) is 26.3 Å². The van der Waals surface area contributed by atoms with E-state index in [4.69, 9.17) is 8.83 Å². The lowest BCUT2D eigenvalue weighted by Crippen LogP contribution is -2.18. The number of alkyl halides is 6. The van der Waals surface area contributed by atoms with Gasteiger partial charge in [-0.05, 0) is 104 Å². The van der Waals surface area contributed by atoms with E-state index in [1.54, 1.807) is 55.5 Å². The van der Waals surface area contributed by atoms with Gasteiger partial charge < -0.3 is 23.4 Å². The number of ether oxygens (including phenoxy) is 2. The lowest BCUT2D eigenvalue weighted by Gasteiger charge is -2.15. The third kappa shape index (κ3) is 10.2. The molecule has 6 rings (SSSR count). The van der Waals surface area contributed by atoms with Gasteiger partial charge in [0.25, 0.3) is 0 Å². The molecule has 0 amide bonds. The quantitative estimate of drug-likeness (QED) is 0.0667. The van der Waals surface area contributed by atoms with Crippen LogP contribution >= 0.6 is 0 Å². The highest BCUT2D eigenvalue weighted by atomic mass is 19.4. The fourth-order valence-electron chi connectivity index (χ4n) is 6.60. The Morgan fingerprint density at radius 1 is 0.589 bits per heavy atom. The topological polar surface area (TPSA) is 99.1 Å². The van der Waals surface area contributed by atoms with Crippen LogP contribution < -0.4 is 20.7 Å². The van der Waals surface area contributed by atoms with Crippen molar-refractivity contribution >= 4 is 21.9 Å². The van der Waals surface area contributed by atoms with Crippen molar-refractivity contribution < 1.29 is 49.8 Å². The predicted molar refractivity (Wildman–Crippen MR) is 200 cm³/mol. The molecule has 6 aromatic rings. The molecule has 0 radical (unpaired) electrons. The summed E-state index contributed by atoms with van der Waals surface area (Å²) in [5, 5.41) is 11.8. The van der Waals surface area contributed by atoms with Gasteiger partial charge in [-0.3, -0.25) is 0 Å². The molecular formula is C43H38F6O7. The zero-order valence-corrected chi connectivity index (χ0v) is 30.5. The van der Waals surface area contributed by atoms with Crippen LogP contribution in [0.1, 0.15) is 61.3 Å². The van der Waals surface area contributed by atoms with Gasteiger partial charge in [-0.1, -0.05) is 68.3 Å². The molecule has 7 nitrogen and oxygen atoms in total. The van der Waals surface area contributed by atoms with Crippen molar-refractivity contribution in [2.24, 2.45) is 0 Å². The third-order valence-electron chi connectivity index (χ3n) is 9.42. The predicted octanol–water partition coefficient (Wildman–Crippen LogP) is 11.0. The first-order chi connectivity index (χ1) is 26.5. The van der Waals surface area contributed by atoms with E-state index in [-0.39, 0.29) is 33.4 Å². The fraction of sp³-hybridized carbons (Fsp3) is 0.302. The number of halogens is 6. The van der Waals surface area contributed by atoms with Crippen molar-refractivity contribution in [3.8, 4) is 33.8 Å². The maximum Gasteiger partial charge on any atom is 0.573 e. The largest absolute Gasteiger partial charge is 0.573 e.